The average Bonchev–Trinajstić information content (AvgIpc) is 2.95. The Morgan fingerprint density at radius 2 is 1.44 bits per heavy atom. The van der Waals surface area contributed by atoms with E-state index in [2.05, 4.69) is 24.4 Å². The molecule has 0 aromatic heterocycles. The summed E-state index contributed by atoms with van der Waals surface area (Å²) in [5, 5.41) is 3.19. The van der Waals surface area contributed by atoms with Crippen LogP contribution in [0.2, 0.25) is 0 Å². The molecule has 2 atom stereocenters. The number of esters is 1. The topological polar surface area (TPSA) is 86.2 Å². The van der Waals surface area contributed by atoms with Gasteiger partial charge in [0, 0.05) is 6.42 Å². The minimum Gasteiger partial charge on any atom is -0.490 e. The lowest BCUT2D eigenvalue weighted by atomic mass is 10.0. The Morgan fingerprint density at radius 1 is 0.821 bits per heavy atom. The predicted octanol–water partition coefficient (Wildman–Crippen LogP) is 7.88. The van der Waals surface area contributed by atoms with Crippen LogP contribution in [0, 0.1) is 0 Å². The smallest absolute Gasteiger partial charge is 0.329 e. The van der Waals surface area contributed by atoms with Crippen LogP contribution >= 0.6 is 8.60 Å². The molecule has 0 heterocycles. The number of hydrogen-bond acceptors (Lipinski definition) is 7. The third kappa shape index (κ3) is 21.2. The molecular weight excluding hydrogens is 513 g/mol. The first kappa shape index (κ1) is 35.8. The van der Waals surface area contributed by atoms with Crippen molar-refractivity contribution in [3.63, 3.8) is 0 Å². The quantitative estimate of drug-likeness (QED) is 0.0633. The van der Waals surface area contributed by atoms with E-state index in [1.54, 1.807) is 6.92 Å². The number of benzene rings is 1. The van der Waals surface area contributed by atoms with Crippen molar-refractivity contribution in [1.82, 2.24) is 5.32 Å². The van der Waals surface area contributed by atoms with Crippen LogP contribution in [0.1, 0.15) is 116 Å². The summed E-state index contributed by atoms with van der Waals surface area (Å²) >= 11 is 0. The molecule has 0 saturated heterocycles. The van der Waals surface area contributed by atoms with Gasteiger partial charge in [0.05, 0.1) is 13.2 Å². The second-order valence-electron chi connectivity index (χ2n) is 10.1. The van der Waals surface area contributed by atoms with Gasteiger partial charge < -0.3 is 28.7 Å². The zero-order valence-corrected chi connectivity index (χ0v) is 25.9. The highest BCUT2D eigenvalue weighted by Crippen LogP contribution is 2.33. The summed E-state index contributed by atoms with van der Waals surface area (Å²) in [5.41, 5.74) is 1.31. The van der Waals surface area contributed by atoms with Crippen molar-refractivity contribution >= 4 is 14.6 Å². The van der Waals surface area contributed by atoms with Gasteiger partial charge >= 0.3 is 14.6 Å². The first-order chi connectivity index (χ1) is 19.1. The maximum atomic E-state index is 11.8. The first-order valence-electron chi connectivity index (χ1n) is 15.5. The molecule has 0 aliphatic rings. The lowest BCUT2D eigenvalue weighted by Gasteiger charge is -2.19. The maximum absolute atomic E-state index is 11.8. The van der Waals surface area contributed by atoms with Crippen LogP contribution in [0.25, 0.3) is 0 Å². The largest absolute Gasteiger partial charge is 0.490 e. The minimum absolute atomic E-state index is 0.0121. The van der Waals surface area contributed by atoms with E-state index in [4.69, 9.17) is 18.5 Å². The molecule has 0 saturated carbocycles. The third-order valence-electron chi connectivity index (χ3n) is 6.59. The third-order valence-corrected chi connectivity index (χ3v) is 7.36. The van der Waals surface area contributed by atoms with E-state index in [1.807, 2.05) is 19.1 Å². The Hall–Kier alpha value is -1.24. The summed E-state index contributed by atoms with van der Waals surface area (Å²) in [6, 6.07) is 8.13. The average molecular weight is 570 g/mol. The van der Waals surface area contributed by atoms with Gasteiger partial charge in [-0.05, 0) is 50.0 Å². The highest BCUT2D eigenvalue weighted by Gasteiger charge is 2.18. The van der Waals surface area contributed by atoms with Gasteiger partial charge in [-0.2, -0.15) is 0 Å². The van der Waals surface area contributed by atoms with E-state index < -0.39 is 14.7 Å². The SMILES string of the molecule is CCCCCCCCCCCCCCc1ccc(OCC(COP(O)OCCCNCC)OC(=O)CC)cc1. The molecular formula is C31H56NO6P. The second kappa shape index (κ2) is 25.7. The fourth-order valence-electron chi connectivity index (χ4n) is 4.20. The van der Waals surface area contributed by atoms with E-state index in [1.165, 1.54) is 82.6 Å². The normalized spacial score (nSPS) is 12.8. The number of unbranched alkanes of at least 4 members (excludes halogenated alkanes) is 11. The van der Waals surface area contributed by atoms with Crippen molar-refractivity contribution in [3.8, 4) is 5.75 Å². The van der Waals surface area contributed by atoms with E-state index in [-0.39, 0.29) is 25.6 Å². The van der Waals surface area contributed by atoms with Crippen molar-refractivity contribution in [3.05, 3.63) is 29.8 Å². The van der Waals surface area contributed by atoms with Crippen LogP contribution in [-0.4, -0.2) is 49.9 Å². The molecule has 0 aliphatic heterocycles. The lowest BCUT2D eigenvalue weighted by Crippen LogP contribution is -2.29. The van der Waals surface area contributed by atoms with E-state index in [9.17, 15) is 9.69 Å². The second-order valence-corrected chi connectivity index (χ2v) is 11.1. The van der Waals surface area contributed by atoms with Crippen LogP contribution in [-0.2, 0) is 25.0 Å². The summed E-state index contributed by atoms with van der Waals surface area (Å²) in [5.74, 6) is 0.385. The number of carbonyl (C=O) groups excluding carboxylic acids is 1. The molecule has 226 valence electrons. The van der Waals surface area contributed by atoms with Gasteiger partial charge in [0.2, 0.25) is 0 Å². The Balaban J connectivity index is 2.22. The highest BCUT2D eigenvalue weighted by atomic mass is 31.2. The monoisotopic (exact) mass is 569 g/mol. The van der Waals surface area contributed by atoms with Crippen molar-refractivity contribution in [2.75, 3.05) is 32.9 Å². The molecule has 0 fully saturated rings. The standard InChI is InChI=1S/C31H56NO6P/c1-4-7-8-9-10-11-12-13-14-15-16-17-19-28-20-22-29(23-21-28)35-26-30(38-31(33)5-2)27-37-39(34)36-25-18-24-32-6-3/h20-23,30,32,34H,4-19,24-27H2,1-3H3. The number of hydrogen-bond donors (Lipinski definition) is 2. The number of nitrogens with one attached hydrogen (secondary N) is 1. The molecule has 2 N–H and O–H groups in total. The fraction of sp³-hybridized carbons (Fsp3) is 0.774. The number of carbonyl (C=O) groups is 1. The zero-order chi connectivity index (χ0) is 28.4. The van der Waals surface area contributed by atoms with Crippen LogP contribution < -0.4 is 10.1 Å². The van der Waals surface area contributed by atoms with Crippen molar-refractivity contribution in [1.29, 1.82) is 0 Å². The minimum atomic E-state index is -2.02. The Morgan fingerprint density at radius 3 is 2.03 bits per heavy atom. The predicted molar refractivity (Wildman–Crippen MR) is 161 cm³/mol. The molecule has 0 bridgehead atoms. The van der Waals surface area contributed by atoms with Crippen LogP contribution in [0.5, 0.6) is 5.75 Å². The van der Waals surface area contributed by atoms with Crippen molar-refractivity contribution in [2.45, 2.75) is 123 Å². The molecule has 0 radical (unpaired) electrons. The summed E-state index contributed by atoms with van der Waals surface area (Å²) in [4.78, 5) is 21.8. The van der Waals surface area contributed by atoms with E-state index in [0.29, 0.717) is 6.61 Å². The molecule has 39 heavy (non-hydrogen) atoms. The molecule has 7 nitrogen and oxygen atoms in total. The Labute approximate surface area is 239 Å². The van der Waals surface area contributed by atoms with Gasteiger partial charge in [-0.25, -0.2) is 0 Å². The molecule has 1 rings (SSSR count). The maximum Gasteiger partial charge on any atom is 0.329 e. The number of rotatable bonds is 27. The number of aryl methyl sites for hydroxylation is 1. The molecule has 0 aliphatic carbocycles. The Bertz CT molecular complexity index is 690. The molecule has 0 amide bonds. The van der Waals surface area contributed by atoms with Crippen LogP contribution in [0.4, 0.5) is 0 Å². The summed E-state index contributed by atoms with van der Waals surface area (Å²) in [6.07, 6.45) is 17.8. The summed E-state index contributed by atoms with van der Waals surface area (Å²) < 4.78 is 22.0. The fourth-order valence-corrected chi connectivity index (χ4v) is 4.85. The van der Waals surface area contributed by atoms with Crippen molar-refractivity contribution < 1.29 is 28.2 Å². The van der Waals surface area contributed by atoms with Gasteiger partial charge in [0.1, 0.15) is 12.4 Å². The molecule has 1 aromatic rings. The summed E-state index contributed by atoms with van der Waals surface area (Å²) in [7, 11) is -2.02. The van der Waals surface area contributed by atoms with Gasteiger partial charge in [0.15, 0.2) is 6.10 Å². The van der Waals surface area contributed by atoms with Crippen molar-refractivity contribution in [2.24, 2.45) is 0 Å². The molecule has 0 spiro atoms. The van der Waals surface area contributed by atoms with E-state index in [0.717, 1.165) is 31.7 Å². The number of ether oxygens (including phenoxy) is 2. The van der Waals surface area contributed by atoms with Gasteiger partial charge in [0.25, 0.3) is 0 Å². The zero-order valence-electron chi connectivity index (χ0n) is 25.0. The highest BCUT2D eigenvalue weighted by molar-refractivity contribution is 7.40. The Kier molecular flexibility index (Phi) is 23.6. The molecule has 1 aromatic carbocycles. The first-order valence-corrected chi connectivity index (χ1v) is 16.6. The van der Waals surface area contributed by atoms with E-state index >= 15 is 0 Å². The molecule has 8 heteroatoms. The van der Waals surface area contributed by atoms with Gasteiger partial charge in [-0.3, -0.25) is 4.79 Å². The summed E-state index contributed by atoms with van der Waals surface area (Å²) in [6.45, 7) is 8.33. The molecule has 2 unspecified atom stereocenters. The van der Waals surface area contributed by atoms with Crippen LogP contribution in [0.3, 0.4) is 0 Å². The van der Waals surface area contributed by atoms with Gasteiger partial charge in [-0.15, -0.1) is 0 Å². The lowest BCUT2D eigenvalue weighted by molar-refractivity contribution is -0.152. The van der Waals surface area contributed by atoms with Gasteiger partial charge in [-0.1, -0.05) is 104 Å². The van der Waals surface area contributed by atoms with Crippen LogP contribution in [0.15, 0.2) is 24.3 Å².